The number of rotatable bonds is 6. The predicted molar refractivity (Wildman–Crippen MR) is 64.3 cm³/mol. The van der Waals surface area contributed by atoms with Gasteiger partial charge in [0, 0.05) is 24.0 Å². The Hall–Kier alpha value is -0.640. The van der Waals surface area contributed by atoms with Crippen molar-refractivity contribution in [2.24, 2.45) is 5.92 Å². The summed E-state index contributed by atoms with van der Waals surface area (Å²) in [5.41, 5.74) is 0. The second-order valence-electron chi connectivity index (χ2n) is 4.49. The molecule has 15 heavy (non-hydrogen) atoms. The third-order valence-corrected chi connectivity index (χ3v) is 3.38. The average Bonchev–Trinajstić information content (AvgIpc) is 2.88. The first-order chi connectivity index (χ1) is 7.28. The first kappa shape index (κ1) is 10.9. The highest BCUT2D eigenvalue weighted by atomic mass is 32.1. The lowest BCUT2D eigenvalue weighted by atomic mass is 10.2. The van der Waals surface area contributed by atoms with E-state index in [0.717, 1.165) is 29.7 Å². The summed E-state index contributed by atoms with van der Waals surface area (Å²) < 4.78 is 4.32. The molecule has 1 aliphatic rings. The molecule has 1 aromatic heterocycles. The normalized spacial score (nSPS) is 17.7. The van der Waals surface area contributed by atoms with Crippen molar-refractivity contribution in [2.45, 2.75) is 52.0 Å². The highest BCUT2D eigenvalue weighted by Gasteiger charge is 2.23. The number of anilines is 1. The van der Waals surface area contributed by atoms with Crippen LogP contribution in [0.3, 0.4) is 0 Å². The summed E-state index contributed by atoms with van der Waals surface area (Å²) in [7, 11) is 0. The van der Waals surface area contributed by atoms with E-state index in [1.54, 1.807) is 0 Å². The second kappa shape index (κ2) is 4.92. The molecule has 0 spiro atoms. The summed E-state index contributed by atoms with van der Waals surface area (Å²) in [6, 6.07) is 0.542. The SMILES string of the molecule is CCCc1nsc(NC(C)CC2CC2)n1. The van der Waals surface area contributed by atoms with Crippen LogP contribution in [-0.4, -0.2) is 15.4 Å². The number of nitrogens with one attached hydrogen (secondary N) is 1. The summed E-state index contributed by atoms with van der Waals surface area (Å²) in [5, 5.41) is 4.43. The van der Waals surface area contributed by atoms with Gasteiger partial charge < -0.3 is 5.32 Å². The van der Waals surface area contributed by atoms with E-state index in [9.17, 15) is 0 Å². The average molecular weight is 225 g/mol. The van der Waals surface area contributed by atoms with Crippen LogP contribution in [0, 0.1) is 5.92 Å². The zero-order chi connectivity index (χ0) is 10.7. The quantitative estimate of drug-likeness (QED) is 0.808. The molecule has 1 aliphatic carbocycles. The molecule has 0 aliphatic heterocycles. The molecule has 0 radical (unpaired) electrons. The topological polar surface area (TPSA) is 37.8 Å². The van der Waals surface area contributed by atoms with E-state index in [0.29, 0.717) is 6.04 Å². The Balaban J connectivity index is 1.80. The van der Waals surface area contributed by atoms with E-state index in [1.165, 1.54) is 30.8 Å². The molecule has 1 N–H and O–H groups in total. The van der Waals surface area contributed by atoms with Crippen LogP contribution in [0.4, 0.5) is 5.13 Å². The van der Waals surface area contributed by atoms with Gasteiger partial charge in [0.2, 0.25) is 5.13 Å². The first-order valence-electron chi connectivity index (χ1n) is 5.87. The molecule has 0 saturated heterocycles. The minimum absolute atomic E-state index is 0.542. The zero-order valence-corrected chi connectivity index (χ0v) is 10.3. The minimum Gasteiger partial charge on any atom is -0.358 e. The van der Waals surface area contributed by atoms with Gasteiger partial charge in [0.15, 0.2) is 0 Å². The highest BCUT2D eigenvalue weighted by molar-refractivity contribution is 7.09. The molecule has 1 saturated carbocycles. The van der Waals surface area contributed by atoms with Gasteiger partial charge in [-0.2, -0.15) is 4.37 Å². The monoisotopic (exact) mass is 225 g/mol. The maximum absolute atomic E-state index is 4.46. The molecule has 84 valence electrons. The summed E-state index contributed by atoms with van der Waals surface area (Å²) in [6.07, 6.45) is 6.23. The van der Waals surface area contributed by atoms with Gasteiger partial charge >= 0.3 is 0 Å². The number of aromatic nitrogens is 2. The summed E-state index contributed by atoms with van der Waals surface area (Å²) in [5.74, 6) is 1.96. The molecule has 1 aromatic rings. The van der Waals surface area contributed by atoms with Crippen molar-refractivity contribution >= 4 is 16.7 Å². The maximum Gasteiger partial charge on any atom is 0.202 e. The summed E-state index contributed by atoms with van der Waals surface area (Å²) >= 11 is 1.49. The van der Waals surface area contributed by atoms with E-state index in [4.69, 9.17) is 0 Å². The van der Waals surface area contributed by atoms with Crippen LogP contribution in [0.5, 0.6) is 0 Å². The van der Waals surface area contributed by atoms with Crippen molar-refractivity contribution in [3.05, 3.63) is 5.82 Å². The van der Waals surface area contributed by atoms with Gasteiger partial charge in [0.05, 0.1) is 0 Å². The third kappa shape index (κ3) is 3.45. The Labute approximate surface area is 95.5 Å². The van der Waals surface area contributed by atoms with Crippen LogP contribution in [0.15, 0.2) is 0 Å². The minimum atomic E-state index is 0.542. The fourth-order valence-electron chi connectivity index (χ4n) is 1.76. The Bertz CT molecular complexity index is 307. The molecule has 1 heterocycles. The highest BCUT2D eigenvalue weighted by Crippen LogP contribution is 2.34. The number of aryl methyl sites for hydroxylation is 1. The van der Waals surface area contributed by atoms with Crippen LogP contribution in [0.1, 0.15) is 45.4 Å². The largest absolute Gasteiger partial charge is 0.358 e. The number of hydrogen-bond acceptors (Lipinski definition) is 4. The van der Waals surface area contributed by atoms with E-state index in [1.807, 2.05) is 0 Å². The lowest BCUT2D eigenvalue weighted by Gasteiger charge is -2.10. The van der Waals surface area contributed by atoms with Crippen molar-refractivity contribution < 1.29 is 0 Å². The summed E-state index contributed by atoms with van der Waals surface area (Å²) in [4.78, 5) is 4.46. The second-order valence-corrected chi connectivity index (χ2v) is 5.24. The van der Waals surface area contributed by atoms with Crippen molar-refractivity contribution in [1.29, 1.82) is 0 Å². The molecule has 4 heteroatoms. The van der Waals surface area contributed by atoms with Gasteiger partial charge in [0.25, 0.3) is 0 Å². The molecule has 1 unspecified atom stereocenters. The smallest absolute Gasteiger partial charge is 0.202 e. The fraction of sp³-hybridized carbons (Fsp3) is 0.818. The first-order valence-corrected chi connectivity index (χ1v) is 6.64. The Kier molecular flexibility index (Phi) is 3.57. The van der Waals surface area contributed by atoms with E-state index in [2.05, 4.69) is 28.5 Å². The van der Waals surface area contributed by atoms with Crippen molar-refractivity contribution in [1.82, 2.24) is 9.36 Å². The standard InChI is InChI=1S/C11H19N3S/c1-3-4-10-13-11(15-14-10)12-8(2)7-9-5-6-9/h8-9H,3-7H2,1-2H3,(H,12,13,14). The van der Waals surface area contributed by atoms with Crippen molar-refractivity contribution in [3.63, 3.8) is 0 Å². The van der Waals surface area contributed by atoms with Crippen molar-refractivity contribution in [2.75, 3.05) is 5.32 Å². The zero-order valence-electron chi connectivity index (χ0n) is 9.49. The van der Waals surface area contributed by atoms with Gasteiger partial charge in [-0.25, -0.2) is 4.98 Å². The van der Waals surface area contributed by atoms with Crippen LogP contribution in [-0.2, 0) is 6.42 Å². The van der Waals surface area contributed by atoms with Gasteiger partial charge in [-0.05, 0) is 25.7 Å². The Morgan fingerprint density at radius 3 is 3.00 bits per heavy atom. The molecule has 2 rings (SSSR count). The van der Waals surface area contributed by atoms with Crippen LogP contribution in [0.2, 0.25) is 0 Å². The molecule has 0 amide bonds. The molecular weight excluding hydrogens is 206 g/mol. The van der Waals surface area contributed by atoms with Crippen LogP contribution < -0.4 is 5.32 Å². The van der Waals surface area contributed by atoms with Gasteiger partial charge in [-0.3, -0.25) is 0 Å². The molecule has 0 bridgehead atoms. The lowest BCUT2D eigenvalue weighted by Crippen LogP contribution is -2.15. The summed E-state index contributed by atoms with van der Waals surface area (Å²) in [6.45, 7) is 4.39. The molecule has 1 fully saturated rings. The molecule has 1 atom stereocenters. The molecule has 3 nitrogen and oxygen atoms in total. The van der Waals surface area contributed by atoms with Crippen molar-refractivity contribution in [3.8, 4) is 0 Å². The maximum atomic E-state index is 4.46. The van der Waals surface area contributed by atoms with Gasteiger partial charge in [-0.15, -0.1) is 0 Å². The predicted octanol–water partition coefficient (Wildman–Crippen LogP) is 3.09. The number of hydrogen-bond donors (Lipinski definition) is 1. The van der Waals surface area contributed by atoms with Crippen LogP contribution >= 0.6 is 11.5 Å². The molecule has 0 aromatic carbocycles. The van der Waals surface area contributed by atoms with E-state index >= 15 is 0 Å². The van der Waals surface area contributed by atoms with Crippen LogP contribution in [0.25, 0.3) is 0 Å². The lowest BCUT2D eigenvalue weighted by molar-refractivity contribution is 0.641. The van der Waals surface area contributed by atoms with Gasteiger partial charge in [0.1, 0.15) is 5.82 Å². The Morgan fingerprint density at radius 2 is 2.33 bits per heavy atom. The Morgan fingerprint density at radius 1 is 1.53 bits per heavy atom. The fourth-order valence-corrected chi connectivity index (χ4v) is 2.49. The van der Waals surface area contributed by atoms with Gasteiger partial charge in [-0.1, -0.05) is 19.8 Å². The van der Waals surface area contributed by atoms with E-state index < -0.39 is 0 Å². The van der Waals surface area contributed by atoms with E-state index in [-0.39, 0.29) is 0 Å². The number of nitrogens with zero attached hydrogens (tertiary/aromatic N) is 2. The molecular formula is C11H19N3S. The third-order valence-electron chi connectivity index (χ3n) is 2.70.